The number of ether oxygens (including phenoxy) is 4. The molecular formula is C46H48N2O8. The predicted molar refractivity (Wildman–Crippen MR) is 216 cm³/mol. The van der Waals surface area contributed by atoms with Crippen molar-refractivity contribution >= 4 is 33.5 Å². The van der Waals surface area contributed by atoms with Crippen LogP contribution in [-0.4, -0.2) is 85.6 Å². The van der Waals surface area contributed by atoms with E-state index in [1.807, 2.05) is 121 Å². The molecule has 0 radical (unpaired) electrons. The lowest BCUT2D eigenvalue weighted by atomic mass is 9.97. The molecule has 0 aromatic heterocycles. The number of carbonyl (C=O) groups is 2. The van der Waals surface area contributed by atoms with Gasteiger partial charge in [0.05, 0.1) is 13.2 Å². The van der Waals surface area contributed by atoms with E-state index in [9.17, 15) is 19.8 Å². The summed E-state index contributed by atoms with van der Waals surface area (Å²) in [5, 5.41) is 26.5. The Hall–Kier alpha value is -5.78. The van der Waals surface area contributed by atoms with E-state index in [0.717, 1.165) is 21.5 Å². The largest absolute Gasteiger partial charge is 0.493 e. The van der Waals surface area contributed by atoms with Crippen molar-refractivity contribution in [2.24, 2.45) is 0 Å². The second-order valence-corrected chi connectivity index (χ2v) is 14.0. The standard InChI is InChI=1S/C46H48N2O8/c1-47(2)45(35-21-7-5-8-22-35,29-31-53-39-27-15-19-33-17-11-13-25-37(33)39)55-43(51)41(49)42(50)44(52)56-46(48(3)4,36-23-9-6-10-24-36)30-32-54-40-28-16-20-34-18-12-14-26-38(34)40/h5-28,41-42,49-50H,29-32H2,1-4H3. The zero-order chi connectivity index (χ0) is 39.7. The third-order valence-electron chi connectivity index (χ3n) is 10.1. The SMILES string of the molecule is CN(C)C(CCOc1cccc2ccccc12)(OC(=O)C(O)C(O)C(=O)OC(CCOc1cccc2ccccc12)(c1ccccc1)N(C)C)c1ccccc1. The van der Waals surface area contributed by atoms with E-state index in [1.54, 1.807) is 62.3 Å². The number of fused-ring (bicyclic) bond motifs is 2. The maximum atomic E-state index is 13.9. The van der Waals surface area contributed by atoms with Crippen molar-refractivity contribution in [3.8, 4) is 11.5 Å². The number of aliphatic hydroxyl groups excluding tert-OH is 2. The summed E-state index contributed by atoms with van der Waals surface area (Å²) in [6.45, 7) is 0.247. The maximum absolute atomic E-state index is 13.9. The third-order valence-corrected chi connectivity index (χ3v) is 10.1. The molecule has 6 aromatic rings. The summed E-state index contributed by atoms with van der Waals surface area (Å²) in [4.78, 5) is 31.1. The molecule has 2 N–H and O–H groups in total. The topological polar surface area (TPSA) is 118 Å². The summed E-state index contributed by atoms with van der Waals surface area (Å²) in [6, 6.07) is 45.4. The monoisotopic (exact) mass is 756 g/mol. The number of aliphatic hydroxyl groups is 2. The van der Waals surface area contributed by atoms with Crippen LogP contribution in [0.4, 0.5) is 0 Å². The van der Waals surface area contributed by atoms with Gasteiger partial charge in [0.1, 0.15) is 11.5 Å². The van der Waals surface area contributed by atoms with Crippen LogP contribution >= 0.6 is 0 Å². The molecule has 10 heteroatoms. The van der Waals surface area contributed by atoms with E-state index in [2.05, 4.69) is 0 Å². The highest BCUT2D eigenvalue weighted by atomic mass is 16.6. The van der Waals surface area contributed by atoms with Gasteiger partial charge in [-0.15, -0.1) is 0 Å². The van der Waals surface area contributed by atoms with Gasteiger partial charge in [0, 0.05) is 34.7 Å². The van der Waals surface area contributed by atoms with Gasteiger partial charge in [-0.2, -0.15) is 0 Å². The summed E-state index contributed by atoms with van der Waals surface area (Å²) in [6.07, 6.45) is -4.29. The minimum atomic E-state index is -2.29. The molecule has 6 rings (SSSR count). The minimum Gasteiger partial charge on any atom is -0.493 e. The molecule has 56 heavy (non-hydrogen) atoms. The van der Waals surface area contributed by atoms with Crippen molar-refractivity contribution in [1.82, 2.24) is 9.80 Å². The Bertz CT molecular complexity index is 2060. The Morgan fingerprint density at radius 2 is 0.839 bits per heavy atom. The first-order valence-electron chi connectivity index (χ1n) is 18.5. The molecule has 0 amide bonds. The van der Waals surface area contributed by atoms with Crippen LogP contribution in [0.3, 0.4) is 0 Å². The molecule has 0 aliphatic carbocycles. The van der Waals surface area contributed by atoms with Crippen molar-refractivity contribution in [3.05, 3.63) is 157 Å². The Labute approximate surface area is 327 Å². The average molecular weight is 757 g/mol. The number of carbonyl (C=O) groups excluding carboxylic acids is 2. The van der Waals surface area contributed by atoms with Crippen molar-refractivity contribution in [2.45, 2.75) is 36.5 Å². The van der Waals surface area contributed by atoms with E-state index in [1.165, 1.54) is 0 Å². The second kappa shape index (κ2) is 17.8. The van der Waals surface area contributed by atoms with Gasteiger partial charge in [0.2, 0.25) is 0 Å². The predicted octanol–water partition coefficient (Wildman–Crippen LogP) is 6.87. The first kappa shape index (κ1) is 39.9. The minimum absolute atomic E-state index is 0.123. The van der Waals surface area contributed by atoms with Crippen LogP contribution in [0.25, 0.3) is 21.5 Å². The normalized spacial score (nSPS) is 14.8. The lowest BCUT2D eigenvalue weighted by Crippen LogP contribution is -2.53. The highest BCUT2D eigenvalue weighted by Crippen LogP contribution is 2.36. The summed E-state index contributed by atoms with van der Waals surface area (Å²) in [5.41, 5.74) is -1.70. The number of esters is 2. The molecule has 0 bridgehead atoms. The van der Waals surface area contributed by atoms with E-state index in [0.29, 0.717) is 22.6 Å². The number of nitrogens with zero attached hydrogens (tertiary/aromatic N) is 2. The molecular weight excluding hydrogens is 709 g/mol. The molecule has 0 fully saturated rings. The molecule has 0 saturated carbocycles. The fraction of sp³-hybridized carbons (Fsp3) is 0.261. The van der Waals surface area contributed by atoms with E-state index in [-0.39, 0.29) is 26.1 Å². The quantitative estimate of drug-likeness (QED) is 0.0755. The van der Waals surface area contributed by atoms with Gasteiger partial charge < -0.3 is 29.2 Å². The highest BCUT2D eigenvalue weighted by molar-refractivity contribution is 5.89. The number of rotatable bonds is 17. The van der Waals surface area contributed by atoms with Crippen LogP contribution in [0, 0.1) is 0 Å². The average Bonchev–Trinajstić information content (AvgIpc) is 3.22. The smallest absolute Gasteiger partial charge is 0.340 e. The van der Waals surface area contributed by atoms with Crippen LogP contribution < -0.4 is 9.47 Å². The first-order chi connectivity index (χ1) is 27.1. The van der Waals surface area contributed by atoms with Gasteiger partial charge >= 0.3 is 11.9 Å². The molecule has 0 saturated heterocycles. The second-order valence-electron chi connectivity index (χ2n) is 14.0. The molecule has 0 aliphatic rings. The maximum Gasteiger partial charge on any atom is 0.340 e. The Morgan fingerprint density at radius 3 is 1.21 bits per heavy atom. The molecule has 4 atom stereocenters. The van der Waals surface area contributed by atoms with Crippen molar-refractivity contribution < 1.29 is 38.7 Å². The molecule has 6 aromatic carbocycles. The molecule has 0 heterocycles. The lowest BCUT2D eigenvalue weighted by molar-refractivity contribution is -0.213. The third kappa shape index (κ3) is 8.54. The molecule has 290 valence electrons. The Morgan fingerprint density at radius 1 is 0.500 bits per heavy atom. The van der Waals surface area contributed by atoms with Crippen molar-refractivity contribution in [1.29, 1.82) is 0 Å². The zero-order valence-electron chi connectivity index (χ0n) is 32.1. The van der Waals surface area contributed by atoms with Gasteiger partial charge in [-0.25, -0.2) is 9.59 Å². The molecule has 0 aliphatic heterocycles. The summed E-state index contributed by atoms with van der Waals surface area (Å²) in [7, 11) is 6.95. The van der Waals surface area contributed by atoms with Crippen LogP contribution in [0.15, 0.2) is 146 Å². The number of benzene rings is 6. The van der Waals surface area contributed by atoms with Gasteiger partial charge in [-0.05, 0) is 51.1 Å². The van der Waals surface area contributed by atoms with E-state index >= 15 is 0 Å². The molecule has 10 nitrogen and oxygen atoms in total. The summed E-state index contributed by atoms with van der Waals surface area (Å²) >= 11 is 0. The van der Waals surface area contributed by atoms with Crippen molar-refractivity contribution in [2.75, 3.05) is 41.4 Å². The summed E-state index contributed by atoms with van der Waals surface area (Å²) in [5.74, 6) is -1.10. The molecule has 4 unspecified atom stereocenters. The zero-order valence-corrected chi connectivity index (χ0v) is 32.1. The Kier molecular flexibility index (Phi) is 12.7. The highest BCUT2D eigenvalue weighted by Gasteiger charge is 2.46. The van der Waals surface area contributed by atoms with E-state index < -0.39 is 35.6 Å². The van der Waals surface area contributed by atoms with E-state index in [4.69, 9.17) is 18.9 Å². The fourth-order valence-corrected chi connectivity index (χ4v) is 7.01. The Balaban J connectivity index is 1.21. The lowest BCUT2D eigenvalue weighted by Gasteiger charge is -2.41. The molecule has 0 spiro atoms. The fourth-order valence-electron chi connectivity index (χ4n) is 7.01. The van der Waals surface area contributed by atoms with Crippen LogP contribution in [0.1, 0.15) is 24.0 Å². The summed E-state index contributed by atoms with van der Waals surface area (Å²) < 4.78 is 24.7. The van der Waals surface area contributed by atoms with Crippen LogP contribution in [-0.2, 0) is 30.5 Å². The van der Waals surface area contributed by atoms with Gasteiger partial charge in [-0.1, -0.05) is 133 Å². The van der Waals surface area contributed by atoms with Gasteiger partial charge in [-0.3, -0.25) is 9.80 Å². The number of hydrogen-bond acceptors (Lipinski definition) is 10. The van der Waals surface area contributed by atoms with Crippen LogP contribution in [0.2, 0.25) is 0 Å². The van der Waals surface area contributed by atoms with Gasteiger partial charge in [0.25, 0.3) is 0 Å². The number of hydrogen-bond donors (Lipinski definition) is 2. The van der Waals surface area contributed by atoms with Crippen molar-refractivity contribution in [3.63, 3.8) is 0 Å². The first-order valence-corrected chi connectivity index (χ1v) is 18.5. The van der Waals surface area contributed by atoms with Crippen LogP contribution in [0.5, 0.6) is 11.5 Å². The van der Waals surface area contributed by atoms with Gasteiger partial charge in [0.15, 0.2) is 23.7 Å².